The van der Waals surface area contributed by atoms with Gasteiger partial charge in [-0.3, -0.25) is 0 Å². The van der Waals surface area contributed by atoms with Crippen molar-refractivity contribution in [2.45, 2.75) is 49.7 Å². The summed E-state index contributed by atoms with van der Waals surface area (Å²) in [4.78, 5) is 1.14. The van der Waals surface area contributed by atoms with Crippen LogP contribution in [0.1, 0.15) is 27.7 Å². The zero-order valence-corrected chi connectivity index (χ0v) is 21.8. The molecule has 2 aromatic rings. The maximum atomic E-state index is 5.89. The summed E-state index contributed by atoms with van der Waals surface area (Å²) >= 11 is 21.8. The van der Waals surface area contributed by atoms with Gasteiger partial charge in [-0.2, -0.15) is 0 Å². The van der Waals surface area contributed by atoms with Crippen LogP contribution in [0.4, 0.5) is 11.4 Å². The summed E-state index contributed by atoms with van der Waals surface area (Å²) in [6, 6.07) is 6.57. The normalized spacial score (nSPS) is 10.1. The second-order valence-electron chi connectivity index (χ2n) is 5.97. The van der Waals surface area contributed by atoms with Gasteiger partial charge >= 0.3 is 19.5 Å². The maximum Gasteiger partial charge on any atom is 2.00 e. The van der Waals surface area contributed by atoms with E-state index in [2.05, 4.69) is 0 Å². The fourth-order valence-corrected chi connectivity index (χ4v) is 2.55. The van der Waals surface area contributed by atoms with Crippen LogP contribution in [0.25, 0.3) is 0 Å². The molecular formula is C18H22Cl2N2O2S2Zn. The second kappa shape index (κ2) is 12.0. The van der Waals surface area contributed by atoms with Crippen LogP contribution in [-0.4, -0.2) is 12.2 Å². The van der Waals surface area contributed by atoms with Crippen LogP contribution < -0.4 is 20.9 Å². The van der Waals surface area contributed by atoms with E-state index >= 15 is 0 Å². The van der Waals surface area contributed by atoms with Crippen molar-refractivity contribution in [3.63, 3.8) is 0 Å². The first-order valence-corrected chi connectivity index (χ1v) is 9.43. The van der Waals surface area contributed by atoms with Gasteiger partial charge in [-0.15, -0.1) is 9.79 Å². The molecule has 0 amide bonds. The molecule has 4 nitrogen and oxygen atoms in total. The van der Waals surface area contributed by atoms with Crippen molar-refractivity contribution in [1.29, 1.82) is 0 Å². The number of nitrogen functional groups attached to an aromatic ring is 2. The predicted molar refractivity (Wildman–Crippen MR) is 115 cm³/mol. The largest absolute Gasteiger partial charge is 2.00 e. The van der Waals surface area contributed by atoms with Crippen LogP contribution in [-0.2, 0) is 44.7 Å². The average molecular weight is 499 g/mol. The van der Waals surface area contributed by atoms with Gasteiger partial charge in [0.2, 0.25) is 0 Å². The van der Waals surface area contributed by atoms with E-state index in [-0.39, 0.29) is 31.7 Å². The van der Waals surface area contributed by atoms with Crippen molar-refractivity contribution in [3.05, 3.63) is 34.3 Å². The molecule has 0 aliphatic rings. The Morgan fingerprint density at radius 2 is 1.04 bits per heavy atom. The van der Waals surface area contributed by atoms with Gasteiger partial charge in [-0.1, -0.05) is 23.2 Å². The Labute approximate surface area is 194 Å². The zero-order valence-electron chi connectivity index (χ0n) is 15.7. The molecule has 144 valence electrons. The van der Waals surface area contributed by atoms with Gasteiger partial charge in [0.1, 0.15) is 11.5 Å². The number of rotatable bonds is 4. The quantitative estimate of drug-likeness (QED) is 0.342. The Morgan fingerprint density at radius 1 is 0.741 bits per heavy atom. The number of benzene rings is 2. The van der Waals surface area contributed by atoms with Crippen LogP contribution in [0.5, 0.6) is 11.5 Å². The number of halogens is 2. The van der Waals surface area contributed by atoms with E-state index in [1.54, 1.807) is 24.3 Å². The minimum absolute atomic E-state index is 0. The summed E-state index contributed by atoms with van der Waals surface area (Å²) in [5.74, 6) is 1.19. The van der Waals surface area contributed by atoms with Crippen LogP contribution >= 0.6 is 23.2 Å². The van der Waals surface area contributed by atoms with Gasteiger partial charge in [0.15, 0.2) is 0 Å². The molecule has 0 saturated carbocycles. The first-order valence-electron chi connectivity index (χ1n) is 7.86. The Hall–Kier alpha value is -0.717. The van der Waals surface area contributed by atoms with Gasteiger partial charge in [-0.05, 0) is 52.0 Å². The molecule has 0 aromatic heterocycles. The summed E-state index contributed by atoms with van der Waals surface area (Å²) in [6.07, 6.45) is 0.158. The van der Waals surface area contributed by atoms with E-state index < -0.39 is 0 Å². The number of hydrogen-bond acceptors (Lipinski definition) is 6. The van der Waals surface area contributed by atoms with Crippen LogP contribution in [0.15, 0.2) is 34.1 Å². The molecule has 4 N–H and O–H groups in total. The van der Waals surface area contributed by atoms with E-state index in [9.17, 15) is 0 Å². The first kappa shape index (κ1) is 26.3. The summed E-state index contributed by atoms with van der Waals surface area (Å²) < 4.78 is 10.9. The molecule has 0 bridgehead atoms. The standard InChI is InChI=1S/2C9H12ClNOS.Zn/c2*1-5(2)12-8-4-9(13)7(11)3-6(8)10;/h2*3-5,13H,11H2,1-2H3;/q;;+2/p-2. The molecule has 0 radical (unpaired) electrons. The van der Waals surface area contributed by atoms with Gasteiger partial charge in [-0.25, -0.2) is 0 Å². The zero-order chi connectivity index (χ0) is 20.0. The molecule has 2 aromatic carbocycles. The van der Waals surface area contributed by atoms with E-state index in [0.717, 1.165) is 0 Å². The van der Waals surface area contributed by atoms with Crippen molar-refractivity contribution in [2.24, 2.45) is 0 Å². The number of ether oxygens (including phenoxy) is 2. The number of nitrogens with two attached hydrogens (primary N) is 2. The van der Waals surface area contributed by atoms with Gasteiger partial charge < -0.3 is 46.2 Å². The number of hydrogen-bond donors (Lipinski definition) is 2. The Balaban J connectivity index is 0.000000483. The SMILES string of the molecule is CC(C)Oc1cc([S-])c(N)cc1Cl.CC(C)Oc1cc([S-])c(N)cc1Cl.[Zn+2]. The van der Waals surface area contributed by atoms with Crippen molar-refractivity contribution in [3.8, 4) is 11.5 Å². The van der Waals surface area contributed by atoms with Crippen molar-refractivity contribution < 1.29 is 29.0 Å². The van der Waals surface area contributed by atoms with Crippen molar-refractivity contribution >= 4 is 59.8 Å². The van der Waals surface area contributed by atoms with Gasteiger partial charge in [0, 0.05) is 11.4 Å². The molecule has 0 spiro atoms. The third-order valence-corrected chi connectivity index (χ3v) is 4.15. The van der Waals surface area contributed by atoms with Crippen LogP contribution in [0.3, 0.4) is 0 Å². The van der Waals surface area contributed by atoms with E-state index in [4.69, 9.17) is 69.4 Å². The molecule has 0 fully saturated rings. The molecule has 0 unspecified atom stereocenters. The van der Waals surface area contributed by atoms with E-state index in [0.29, 0.717) is 42.7 Å². The summed E-state index contributed by atoms with van der Waals surface area (Å²) in [6.45, 7) is 7.71. The van der Waals surface area contributed by atoms with Gasteiger partial charge in [0.25, 0.3) is 0 Å². The molecule has 0 saturated heterocycles. The molecule has 0 aliphatic heterocycles. The molecule has 27 heavy (non-hydrogen) atoms. The minimum Gasteiger partial charge on any atom is -0.778 e. The van der Waals surface area contributed by atoms with Gasteiger partial charge in [0.05, 0.1) is 22.3 Å². The fourth-order valence-electron chi connectivity index (χ4n) is 1.79. The van der Waals surface area contributed by atoms with Crippen LogP contribution in [0.2, 0.25) is 10.0 Å². The third kappa shape index (κ3) is 8.88. The predicted octanol–water partition coefficient (Wildman–Crippen LogP) is 5.23. The first-order chi connectivity index (χ1) is 12.0. The topological polar surface area (TPSA) is 70.5 Å². The Kier molecular flexibility index (Phi) is 11.7. The van der Waals surface area contributed by atoms with Crippen molar-refractivity contribution in [2.75, 3.05) is 11.5 Å². The number of anilines is 2. The monoisotopic (exact) mass is 496 g/mol. The molecular weight excluding hydrogens is 477 g/mol. The smallest absolute Gasteiger partial charge is 0.778 e. The van der Waals surface area contributed by atoms with E-state index in [1.165, 1.54) is 0 Å². The Morgan fingerprint density at radius 3 is 1.30 bits per heavy atom. The Bertz CT molecular complexity index is 699. The third-order valence-electron chi connectivity index (χ3n) is 2.85. The summed E-state index contributed by atoms with van der Waals surface area (Å²) in [5, 5.41) is 1.000. The average Bonchev–Trinajstić information content (AvgIpc) is 2.50. The van der Waals surface area contributed by atoms with Crippen molar-refractivity contribution in [1.82, 2.24) is 0 Å². The molecule has 0 aliphatic carbocycles. The molecule has 0 heterocycles. The minimum atomic E-state index is 0. The fraction of sp³-hybridized carbons (Fsp3) is 0.333. The van der Waals surface area contributed by atoms with Crippen LogP contribution in [0, 0.1) is 0 Å². The van der Waals surface area contributed by atoms with E-state index in [1.807, 2.05) is 27.7 Å². The maximum absolute atomic E-state index is 5.89. The summed E-state index contributed by atoms with van der Waals surface area (Å²) in [5.41, 5.74) is 12.2. The molecule has 0 atom stereocenters. The summed E-state index contributed by atoms with van der Waals surface area (Å²) in [7, 11) is 0. The molecule has 2 rings (SSSR count). The molecule has 9 heteroatoms. The second-order valence-corrected chi connectivity index (χ2v) is 7.67.